The summed E-state index contributed by atoms with van der Waals surface area (Å²) in [6.45, 7) is 0.515. The Kier molecular flexibility index (Phi) is 3.89. The van der Waals surface area contributed by atoms with E-state index in [4.69, 9.17) is 10.5 Å². The summed E-state index contributed by atoms with van der Waals surface area (Å²) < 4.78 is 4.95. The molecule has 1 saturated carbocycles. The number of hydrogen-bond donors (Lipinski definition) is 2. The van der Waals surface area contributed by atoms with Crippen LogP contribution in [0.25, 0.3) is 0 Å². The Bertz CT molecular complexity index is 192. The fourth-order valence-electron chi connectivity index (χ4n) is 2.06. The van der Waals surface area contributed by atoms with Crippen molar-refractivity contribution in [2.45, 2.75) is 38.1 Å². The molecule has 1 rings (SSSR count). The van der Waals surface area contributed by atoms with Crippen LogP contribution in [0.15, 0.2) is 0 Å². The third kappa shape index (κ3) is 2.45. The minimum atomic E-state index is -0.693. The van der Waals surface area contributed by atoms with Crippen LogP contribution in [0.2, 0.25) is 0 Å². The van der Waals surface area contributed by atoms with E-state index in [9.17, 15) is 9.90 Å². The predicted molar refractivity (Wildman–Crippen MR) is 53.0 cm³/mol. The van der Waals surface area contributed by atoms with Gasteiger partial charge in [0.15, 0.2) is 0 Å². The van der Waals surface area contributed by atoms with Crippen molar-refractivity contribution in [3.05, 3.63) is 0 Å². The highest BCUT2D eigenvalue weighted by Gasteiger charge is 2.40. The third-order valence-electron chi connectivity index (χ3n) is 3.23. The average Bonchev–Trinajstić information content (AvgIpc) is 2.17. The van der Waals surface area contributed by atoms with E-state index in [0.29, 0.717) is 25.9 Å². The summed E-state index contributed by atoms with van der Waals surface area (Å²) in [7, 11) is 1.60. The number of methoxy groups -OCH3 is 1. The van der Waals surface area contributed by atoms with Crippen LogP contribution in [-0.2, 0) is 9.53 Å². The van der Waals surface area contributed by atoms with E-state index in [1.165, 1.54) is 0 Å². The van der Waals surface area contributed by atoms with E-state index in [2.05, 4.69) is 0 Å². The van der Waals surface area contributed by atoms with E-state index >= 15 is 0 Å². The lowest BCUT2D eigenvalue weighted by atomic mass is 9.71. The first-order chi connectivity index (χ1) is 6.60. The lowest BCUT2D eigenvalue weighted by molar-refractivity contribution is -0.152. The van der Waals surface area contributed by atoms with Gasteiger partial charge in [0.2, 0.25) is 0 Å². The molecule has 0 amide bonds. The average molecular weight is 201 g/mol. The molecule has 4 heteroatoms. The molecule has 0 aromatic carbocycles. The quantitative estimate of drug-likeness (QED) is 0.711. The Hall–Kier alpha value is -0.610. The Morgan fingerprint density at radius 2 is 2.14 bits per heavy atom. The second-order valence-corrected chi connectivity index (χ2v) is 4.17. The molecule has 0 aliphatic heterocycles. The van der Waals surface area contributed by atoms with Crippen molar-refractivity contribution < 1.29 is 14.6 Å². The Balaban J connectivity index is 2.58. The number of carboxylic acids is 1. The van der Waals surface area contributed by atoms with Gasteiger partial charge in [0.05, 0.1) is 5.41 Å². The molecule has 0 saturated heterocycles. The van der Waals surface area contributed by atoms with Crippen molar-refractivity contribution in [2.75, 3.05) is 13.7 Å². The molecule has 0 radical (unpaired) electrons. The fourth-order valence-corrected chi connectivity index (χ4v) is 2.06. The summed E-state index contributed by atoms with van der Waals surface area (Å²) in [5, 5.41) is 9.21. The topological polar surface area (TPSA) is 72.5 Å². The van der Waals surface area contributed by atoms with E-state index in [0.717, 1.165) is 12.8 Å². The van der Waals surface area contributed by atoms with Crippen LogP contribution in [0.1, 0.15) is 32.1 Å². The molecule has 1 aliphatic carbocycles. The molecular formula is C10H19NO3. The maximum atomic E-state index is 11.2. The zero-order chi connectivity index (χ0) is 10.6. The summed E-state index contributed by atoms with van der Waals surface area (Å²) in [6.07, 6.45) is 3.61. The van der Waals surface area contributed by atoms with Crippen molar-refractivity contribution in [1.29, 1.82) is 0 Å². The van der Waals surface area contributed by atoms with Crippen LogP contribution in [0.4, 0.5) is 0 Å². The van der Waals surface area contributed by atoms with Crippen molar-refractivity contribution in [3.63, 3.8) is 0 Å². The Morgan fingerprint density at radius 1 is 1.57 bits per heavy atom. The second-order valence-electron chi connectivity index (χ2n) is 4.17. The number of aliphatic carboxylic acids is 1. The zero-order valence-electron chi connectivity index (χ0n) is 8.66. The van der Waals surface area contributed by atoms with Crippen LogP contribution in [0.3, 0.4) is 0 Å². The third-order valence-corrected chi connectivity index (χ3v) is 3.23. The molecule has 0 aromatic heterocycles. The lowest BCUT2D eigenvalue weighted by Crippen LogP contribution is -2.40. The van der Waals surface area contributed by atoms with Crippen molar-refractivity contribution in [2.24, 2.45) is 11.1 Å². The number of ether oxygens (including phenoxy) is 1. The van der Waals surface area contributed by atoms with E-state index in [1.54, 1.807) is 7.11 Å². The van der Waals surface area contributed by atoms with Crippen LogP contribution < -0.4 is 5.73 Å². The summed E-state index contributed by atoms with van der Waals surface area (Å²) >= 11 is 0. The molecule has 0 atom stereocenters. The number of carboxylic acid groups (broad SMARTS) is 1. The molecular weight excluding hydrogens is 182 g/mol. The molecule has 3 N–H and O–H groups in total. The van der Waals surface area contributed by atoms with Gasteiger partial charge in [-0.1, -0.05) is 0 Å². The first-order valence-electron chi connectivity index (χ1n) is 5.09. The number of nitrogens with two attached hydrogens (primary N) is 1. The normalized spacial score (nSPS) is 32.9. The van der Waals surface area contributed by atoms with Gasteiger partial charge in [-0.05, 0) is 32.1 Å². The van der Waals surface area contributed by atoms with E-state index in [-0.39, 0.29) is 6.04 Å². The molecule has 0 bridgehead atoms. The SMILES string of the molecule is COCCC1(C(=O)O)CCC(N)CC1. The van der Waals surface area contributed by atoms with Crippen LogP contribution in [-0.4, -0.2) is 30.8 Å². The largest absolute Gasteiger partial charge is 0.481 e. The molecule has 0 spiro atoms. The second kappa shape index (κ2) is 4.75. The molecule has 1 aliphatic rings. The smallest absolute Gasteiger partial charge is 0.309 e. The van der Waals surface area contributed by atoms with Crippen molar-refractivity contribution in [3.8, 4) is 0 Å². The summed E-state index contributed by atoms with van der Waals surface area (Å²) in [5.74, 6) is -0.693. The van der Waals surface area contributed by atoms with Crippen LogP contribution >= 0.6 is 0 Å². The molecule has 0 unspecified atom stereocenters. The fraction of sp³-hybridized carbons (Fsp3) is 0.900. The predicted octanol–water partition coefficient (Wildman–Crippen LogP) is 0.995. The minimum absolute atomic E-state index is 0.185. The van der Waals surface area contributed by atoms with Gasteiger partial charge >= 0.3 is 5.97 Å². The number of rotatable bonds is 4. The van der Waals surface area contributed by atoms with Crippen LogP contribution in [0.5, 0.6) is 0 Å². The number of carbonyl (C=O) groups is 1. The summed E-state index contributed by atoms with van der Waals surface area (Å²) in [5.41, 5.74) is 5.18. The standard InChI is InChI=1S/C10H19NO3/c1-14-7-6-10(9(12)13)4-2-8(11)3-5-10/h8H,2-7,11H2,1H3,(H,12,13). The maximum Gasteiger partial charge on any atom is 0.309 e. The lowest BCUT2D eigenvalue weighted by Gasteiger charge is -2.35. The molecule has 0 aromatic rings. The highest BCUT2D eigenvalue weighted by molar-refractivity contribution is 5.74. The summed E-state index contributed by atoms with van der Waals surface area (Å²) in [6, 6.07) is 0.185. The molecule has 4 nitrogen and oxygen atoms in total. The Morgan fingerprint density at radius 3 is 2.57 bits per heavy atom. The first kappa shape index (κ1) is 11.5. The van der Waals surface area contributed by atoms with Gasteiger partial charge in [-0.25, -0.2) is 0 Å². The van der Waals surface area contributed by atoms with Gasteiger partial charge in [0.1, 0.15) is 0 Å². The molecule has 82 valence electrons. The van der Waals surface area contributed by atoms with Crippen molar-refractivity contribution in [1.82, 2.24) is 0 Å². The molecule has 1 fully saturated rings. The Labute approximate surface area is 84.4 Å². The van der Waals surface area contributed by atoms with Crippen LogP contribution in [0, 0.1) is 5.41 Å². The van der Waals surface area contributed by atoms with E-state index < -0.39 is 11.4 Å². The summed E-state index contributed by atoms with van der Waals surface area (Å²) in [4.78, 5) is 11.2. The van der Waals surface area contributed by atoms with Gasteiger partial charge < -0.3 is 15.6 Å². The minimum Gasteiger partial charge on any atom is -0.481 e. The monoisotopic (exact) mass is 201 g/mol. The highest BCUT2D eigenvalue weighted by Crippen LogP contribution is 2.39. The van der Waals surface area contributed by atoms with Crippen molar-refractivity contribution >= 4 is 5.97 Å². The van der Waals surface area contributed by atoms with Gasteiger partial charge in [0, 0.05) is 19.8 Å². The van der Waals surface area contributed by atoms with Gasteiger partial charge in [-0.15, -0.1) is 0 Å². The van der Waals surface area contributed by atoms with Gasteiger partial charge in [0.25, 0.3) is 0 Å². The molecule has 0 heterocycles. The zero-order valence-corrected chi connectivity index (χ0v) is 8.66. The van der Waals surface area contributed by atoms with Gasteiger partial charge in [-0.2, -0.15) is 0 Å². The highest BCUT2D eigenvalue weighted by atomic mass is 16.5. The first-order valence-corrected chi connectivity index (χ1v) is 5.09. The van der Waals surface area contributed by atoms with E-state index in [1.807, 2.05) is 0 Å². The maximum absolute atomic E-state index is 11.2. The number of hydrogen-bond acceptors (Lipinski definition) is 3. The molecule has 14 heavy (non-hydrogen) atoms. The van der Waals surface area contributed by atoms with Gasteiger partial charge in [-0.3, -0.25) is 4.79 Å².